The van der Waals surface area contributed by atoms with Crippen molar-refractivity contribution in [3.63, 3.8) is 0 Å². The molecule has 6 heteroatoms. The van der Waals surface area contributed by atoms with Gasteiger partial charge in [0.1, 0.15) is 0 Å². The minimum absolute atomic E-state index is 0.698. The predicted molar refractivity (Wildman–Crippen MR) is 77.5 cm³/mol. The van der Waals surface area contributed by atoms with Crippen molar-refractivity contribution in [3.05, 3.63) is 15.5 Å². The van der Waals surface area contributed by atoms with E-state index in [1.54, 1.807) is 11.3 Å². The Balaban J connectivity index is 2.43. The highest BCUT2D eigenvalue weighted by atomic mass is 32.1. The number of H-pyrrole nitrogens is 1. The molecule has 98 valence electrons. The summed E-state index contributed by atoms with van der Waals surface area (Å²) in [6.07, 6.45) is 3.22. The highest BCUT2D eigenvalue weighted by molar-refractivity contribution is 7.71. The standard InChI is InChI=1S/C12H18N4S2/c1-4-6-7-16-11(14-15-12(16)17)10-8(3)13-9(5-2)18-10/h4-7H2,1-3H3,(H,15,17). The number of aromatic amines is 1. The van der Waals surface area contributed by atoms with E-state index >= 15 is 0 Å². The summed E-state index contributed by atoms with van der Waals surface area (Å²) < 4.78 is 2.78. The second kappa shape index (κ2) is 5.75. The van der Waals surface area contributed by atoms with E-state index in [4.69, 9.17) is 12.2 Å². The SMILES string of the molecule is CCCCn1c(-c2sc(CC)nc2C)n[nH]c1=S. The molecule has 0 saturated heterocycles. The number of nitrogens with one attached hydrogen (secondary N) is 1. The van der Waals surface area contributed by atoms with Crippen LogP contribution in [0.15, 0.2) is 0 Å². The highest BCUT2D eigenvalue weighted by Crippen LogP contribution is 2.29. The van der Waals surface area contributed by atoms with E-state index in [1.807, 2.05) is 6.92 Å². The topological polar surface area (TPSA) is 46.5 Å². The fraction of sp³-hybridized carbons (Fsp3) is 0.583. The lowest BCUT2D eigenvalue weighted by atomic mass is 10.3. The number of aromatic nitrogens is 4. The molecule has 2 rings (SSSR count). The van der Waals surface area contributed by atoms with Crippen molar-refractivity contribution in [3.8, 4) is 10.7 Å². The van der Waals surface area contributed by atoms with Gasteiger partial charge < -0.3 is 0 Å². The monoisotopic (exact) mass is 282 g/mol. The van der Waals surface area contributed by atoms with Gasteiger partial charge in [-0.3, -0.25) is 9.67 Å². The van der Waals surface area contributed by atoms with Crippen LogP contribution >= 0.6 is 23.6 Å². The molecule has 18 heavy (non-hydrogen) atoms. The van der Waals surface area contributed by atoms with Crippen LogP contribution in [0.1, 0.15) is 37.4 Å². The molecule has 0 aromatic carbocycles. The van der Waals surface area contributed by atoms with Gasteiger partial charge in [0.05, 0.1) is 15.6 Å². The van der Waals surface area contributed by atoms with E-state index in [0.717, 1.165) is 47.2 Å². The quantitative estimate of drug-likeness (QED) is 0.850. The fourth-order valence-electron chi connectivity index (χ4n) is 1.83. The van der Waals surface area contributed by atoms with Gasteiger partial charge in [-0.05, 0) is 32.0 Å². The molecule has 0 spiro atoms. The summed E-state index contributed by atoms with van der Waals surface area (Å²) in [5.41, 5.74) is 1.04. The minimum Gasteiger partial charge on any atom is -0.299 e. The maximum absolute atomic E-state index is 5.29. The van der Waals surface area contributed by atoms with Crippen LogP contribution in [0.2, 0.25) is 0 Å². The zero-order valence-electron chi connectivity index (χ0n) is 11.0. The molecule has 0 amide bonds. The summed E-state index contributed by atoms with van der Waals surface area (Å²) in [5.74, 6) is 0.933. The van der Waals surface area contributed by atoms with Crippen LogP contribution in [0.4, 0.5) is 0 Å². The highest BCUT2D eigenvalue weighted by Gasteiger charge is 2.15. The number of thiazole rings is 1. The number of hydrogen-bond donors (Lipinski definition) is 1. The van der Waals surface area contributed by atoms with Crippen molar-refractivity contribution in [2.75, 3.05) is 0 Å². The molecule has 0 radical (unpaired) electrons. The summed E-state index contributed by atoms with van der Waals surface area (Å²) in [7, 11) is 0. The Morgan fingerprint density at radius 1 is 1.39 bits per heavy atom. The molecule has 0 aliphatic heterocycles. The van der Waals surface area contributed by atoms with Gasteiger partial charge in [0.15, 0.2) is 10.6 Å². The molecule has 0 unspecified atom stereocenters. The Hall–Kier alpha value is -1.01. The van der Waals surface area contributed by atoms with E-state index in [2.05, 4.69) is 33.6 Å². The predicted octanol–water partition coefficient (Wildman–Crippen LogP) is 3.74. The molecule has 0 saturated carbocycles. The van der Waals surface area contributed by atoms with E-state index in [-0.39, 0.29) is 0 Å². The van der Waals surface area contributed by atoms with Crippen molar-refractivity contribution in [1.82, 2.24) is 19.7 Å². The van der Waals surface area contributed by atoms with Crippen molar-refractivity contribution >= 4 is 23.6 Å². The van der Waals surface area contributed by atoms with Gasteiger partial charge in [0.2, 0.25) is 0 Å². The zero-order valence-corrected chi connectivity index (χ0v) is 12.6. The Bertz CT molecular complexity index is 579. The molecule has 2 aromatic rings. The summed E-state index contributed by atoms with van der Waals surface area (Å²) in [5, 5.41) is 8.41. The maximum atomic E-state index is 5.29. The first-order valence-electron chi connectivity index (χ1n) is 6.29. The summed E-state index contributed by atoms with van der Waals surface area (Å²) >= 11 is 7.01. The number of aryl methyl sites for hydroxylation is 2. The van der Waals surface area contributed by atoms with Crippen LogP contribution in [0.3, 0.4) is 0 Å². The molecule has 0 aliphatic carbocycles. The largest absolute Gasteiger partial charge is 0.299 e. The molecular weight excluding hydrogens is 264 g/mol. The lowest BCUT2D eigenvalue weighted by Crippen LogP contribution is -2.00. The average Bonchev–Trinajstić information content (AvgIpc) is 2.90. The molecule has 4 nitrogen and oxygen atoms in total. The summed E-state index contributed by atoms with van der Waals surface area (Å²) in [6.45, 7) is 7.25. The van der Waals surface area contributed by atoms with Crippen molar-refractivity contribution in [2.45, 2.75) is 46.6 Å². The van der Waals surface area contributed by atoms with Gasteiger partial charge >= 0.3 is 0 Å². The van der Waals surface area contributed by atoms with Gasteiger partial charge in [0.25, 0.3) is 0 Å². The van der Waals surface area contributed by atoms with Crippen molar-refractivity contribution in [1.29, 1.82) is 0 Å². The minimum atomic E-state index is 0.698. The normalized spacial score (nSPS) is 11.1. The van der Waals surface area contributed by atoms with Crippen LogP contribution in [-0.4, -0.2) is 19.7 Å². The van der Waals surface area contributed by atoms with E-state index in [1.165, 1.54) is 0 Å². The van der Waals surface area contributed by atoms with Crippen LogP contribution in [0.5, 0.6) is 0 Å². The lowest BCUT2D eigenvalue weighted by Gasteiger charge is -2.04. The second-order valence-corrected chi connectivity index (χ2v) is 5.70. The van der Waals surface area contributed by atoms with Gasteiger partial charge in [-0.2, -0.15) is 5.10 Å². The van der Waals surface area contributed by atoms with Crippen LogP contribution < -0.4 is 0 Å². The Morgan fingerprint density at radius 2 is 2.17 bits per heavy atom. The van der Waals surface area contributed by atoms with Crippen molar-refractivity contribution in [2.24, 2.45) is 0 Å². The third kappa shape index (κ3) is 2.54. The smallest absolute Gasteiger partial charge is 0.195 e. The zero-order chi connectivity index (χ0) is 13.1. The first-order valence-corrected chi connectivity index (χ1v) is 7.51. The Kier molecular flexibility index (Phi) is 4.29. The van der Waals surface area contributed by atoms with E-state index < -0.39 is 0 Å². The van der Waals surface area contributed by atoms with E-state index in [0.29, 0.717) is 4.77 Å². The number of rotatable bonds is 5. The van der Waals surface area contributed by atoms with Gasteiger partial charge in [-0.1, -0.05) is 20.3 Å². The van der Waals surface area contributed by atoms with Crippen molar-refractivity contribution < 1.29 is 0 Å². The molecular formula is C12H18N4S2. The molecule has 2 aromatic heterocycles. The number of hydrogen-bond acceptors (Lipinski definition) is 4. The Labute approximate surface area is 116 Å². The van der Waals surface area contributed by atoms with Crippen LogP contribution in [0, 0.1) is 11.7 Å². The van der Waals surface area contributed by atoms with Gasteiger partial charge in [-0.25, -0.2) is 4.98 Å². The van der Waals surface area contributed by atoms with Gasteiger partial charge in [-0.15, -0.1) is 11.3 Å². The molecule has 2 heterocycles. The van der Waals surface area contributed by atoms with Crippen LogP contribution in [0.25, 0.3) is 10.7 Å². The molecule has 1 N–H and O–H groups in total. The third-order valence-corrected chi connectivity index (χ3v) is 4.45. The first kappa shape index (κ1) is 13.4. The molecule has 0 fully saturated rings. The number of unbranched alkanes of at least 4 members (excludes halogenated alkanes) is 1. The first-order chi connectivity index (χ1) is 8.67. The fourth-order valence-corrected chi connectivity index (χ4v) is 3.05. The molecule has 0 atom stereocenters. The van der Waals surface area contributed by atoms with Crippen LogP contribution in [-0.2, 0) is 13.0 Å². The summed E-state index contributed by atoms with van der Waals surface area (Å²) in [6, 6.07) is 0. The maximum Gasteiger partial charge on any atom is 0.195 e. The second-order valence-electron chi connectivity index (χ2n) is 4.23. The van der Waals surface area contributed by atoms with E-state index in [9.17, 15) is 0 Å². The Morgan fingerprint density at radius 3 is 2.78 bits per heavy atom. The van der Waals surface area contributed by atoms with Gasteiger partial charge in [0, 0.05) is 6.54 Å². The molecule has 0 bridgehead atoms. The summed E-state index contributed by atoms with van der Waals surface area (Å²) in [4.78, 5) is 5.69. The lowest BCUT2D eigenvalue weighted by molar-refractivity contribution is 0.629. The average molecular weight is 282 g/mol. The third-order valence-electron chi connectivity index (χ3n) is 2.84. The molecule has 0 aliphatic rings. The number of nitrogens with zero attached hydrogens (tertiary/aromatic N) is 3.